The predicted octanol–water partition coefficient (Wildman–Crippen LogP) is 8.45. The highest BCUT2D eigenvalue weighted by atomic mass is 32.2. The van der Waals surface area contributed by atoms with E-state index in [9.17, 15) is 5.21 Å². The summed E-state index contributed by atoms with van der Waals surface area (Å²) in [6.45, 7) is 14.2. The van der Waals surface area contributed by atoms with Crippen LogP contribution in [0.1, 0.15) is 34.3 Å². The van der Waals surface area contributed by atoms with Crippen molar-refractivity contribution in [2.24, 2.45) is 15.5 Å². The van der Waals surface area contributed by atoms with Crippen LogP contribution in [0.5, 0.6) is 0 Å². The number of rotatable bonds is 34. The molecule has 3 atom stereocenters. The van der Waals surface area contributed by atoms with E-state index in [2.05, 4.69) is 83.1 Å². The average Bonchev–Trinajstić information content (AvgIpc) is 4.01. The van der Waals surface area contributed by atoms with Crippen molar-refractivity contribution in [3.63, 3.8) is 0 Å². The first-order valence-electron chi connectivity index (χ1n) is 24.5. The molecule has 7 rings (SSSR count). The van der Waals surface area contributed by atoms with Gasteiger partial charge in [-0.2, -0.15) is 15.1 Å². The highest BCUT2D eigenvalue weighted by Crippen LogP contribution is 2.49. The van der Waals surface area contributed by atoms with E-state index in [1.807, 2.05) is 53.5 Å². The number of ether oxygens (including phenoxy) is 9. The van der Waals surface area contributed by atoms with Gasteiger partial charge in [-0.1, -0.05) is 77.0 Å². The molecule has 1 N–H and O–H groups in total. The molecule has 18 nitrogen and oxygen atoms in total. The van der Waals surface area contributed by atoms with Crippen LogP contribution in [-0.2, 0) is 54.0 Å². The van der Waals surface area contributed by atoms with Gasteiger partial charge in [-0.05, 0) is 59.3 Å². The quantitative estimate of drug-likeness (QED) is 0.00605. The fourth-order valence-corrected chi connectivity index (χ4v) is 8.48. The van der Waals surface area contributed by atoms with Crippen molar-refractivity contribution < 1.29 is 52.7 Å². The summed E-state index contributed by atoms with van der Waals surface area (Å²) < 4.78 is 52.9. The van der Waals surface area contributed by atoms with E-state index in [1.54, 1.807) is 12.4 Å². The van der Waals surface area contributed by atoms with Gasteiger partial charge in [0.15, 0.2) is 0 Å². The van der Waals surface area contributed by atoms with Crippen molar-refractivity contribution in [3.8, 4) is 17.7 Å². The molecule has 0 fully saturated rings. The number of benzene rings is 4. The van der Waals surface area contributed by atoms with E-state index < -0.39 is 0 Å². The third-order valence-corrected chi connectivity index (χ3v) is 12.1. The van der Waals surface area contributed by atoms with Crippen molar-refractivity contribution in [2.45, 2.75) is 29.6 Å². The van der Waals surface area contributed by atoms with Crippen LogP contribution in [0.15, 0.2) is 137 Å². The molecule has 3 unspecified atom stereocenters. The van der Waals surface area contributed by atoms with Crippen LogP contribution < -0.4 is 9.91 Å². The lowest BCUT2D eigenvalue weighted by Crippen LogP contribution is -2.33. The lowest BCUT2D eigenvalue weighted by atomic mass is 9.87. The molecule has 0 bridgehead atoms. The number of fused-ring (bicyclic) bond motifs is 6. The van der Waals surface area contributed by atoms with E-state index in [0.717, 1.165) is 49.3 Å². The maximum Gasteiger partial charge on any atom is 0.140 e. The van der Waals surface area contributed by atoms with E-state index in [0.29, 0.717) is 124 Å². The van der Waals surface area contributed by atoms with E-state index in [1.165, 1.54) is 11.1 Å². The third kappa shape index (κ3) is 18.0. The van der Waals surface area contributed by atoms with E-state index in [4.69, 9.17) is 69.5 Å². The minimum atomic E-state index is -0.326. The predicted molar refractivity (Wildman–Crippen MR) is 284 cm³/mol. The lowest BCUT2D eigenvalue weighted by Gasteiger charge is -2.35. The normalized spacial score (nSPS) is 15.1. The van der Waals surface area contributed by atoms with Gasteiger partial charge in [-0.25, -0.2) is 5.01 Å². The van der Waals surface area contributed by atoms with Crippen LogP contribution in [0.3, 0.4) is 0 Å². The molecule has 0 aliphatic carbocycles. The van der Waals surface area contributed by atoms with Crippen molar-refractivity contribution in [1.82, 2.24) is 4.73 Å². The van der Waals surface area contributed by atoms with Gasteiger partial charge in [0.05, 0.1) is 129 Å². The molecule has 74 heavy (non-hydrogen) atoms. The largest absolute Gasteiger partial charge is 0.428 e. The minimum absolute atomic E-state index is 0.124. The van der Waals surface area contributed by atoms with Gasteiger partial charge in [0.1, 0.15) is 36.8 Å². The second-order valence-corrected chi connectivity index (χ2v) is 17.1. The highest BCUT2D eigenvalue weighted by Gasteiger charge is 2.40. The zero-order valence-corrected chi connectivity index (χ0v) is 42.6. The molecule has 0 radical (unpaired) electrons. The first-order chi connectivity index (χ1) is 36.6. The summed E-state index contributed by atoms with van der Waals surface area (Å²) in [5.74, 6) is 2.43. The summed E-state index contributed by atoms with van der Waals surface area (Å²) in [5.41, 5.74) is 6.95. The number of thioether (sulfide) groups is 1. The highest BCUT2D eigenvalue weighted by molar-refractivity contribution is 8.03. The van der Waals surface area contributed by atoms with Crippen molar-refractivity contribution in [3.05, 3.63) is 139 Å². The Morgan fingerprint density at radius 1 is 0.716 bits per heavy atom. The molecule has 4 aromatic carbocycles. The van der Waals surface area contributed by atoms with Crippen LogP contribution in [0.2, 0.25) is 0 Å². The molecule has 0 saturated carbocycles. The van der Waals surface area contributed by atoms with Crippen molar-refractivity contribution in [2.75, 3.05) is 135 Å². The first kappa shape index (κ1) is 57.0. The average molecular weight is 1030 g/mol. The van der Waals surface area contributed by atoms with Gasteiger partial charge < -0.3 is 57.6 Å². The molecule has 0 spiro atoms. The molecule has 394 valence electrons. The van der Waals surface area contributed by atoms with Gasteiger partial charge >= 0.3 is 0 Å². The van der Waals surface area contributed by atoms with Crippen LogP contribution in [0.4, 0.5) is 11.4 Å². The molecular weight excluding hydrogens is 967 g/mol. The Morgan fingerprint density at radius 3 is 2.01 bits per heavy atom. The minimum Gasteiger partial charge on any atom is -0.428 e. The third-order valence-electron chi connectivity index (χ3n) is 11.5. The summed E-state index contributed by atoms with van der Waals surface area (Å²) >= 11 is 1.14. The van der Waals surface area contributed by atoms with Crippen LogP contribution >= 0.6 is 11.8 Å². The molecular formula is C55H67N7O11S. The Morgan fingerprint density at radius 2 is 1.31 bits per heavy atom. The number of nitrogens with zero attached hydrogens (tertiary/aromatic N) is 7. The van der Waals surface area contributed by atoms with Crippen LogP contribution in [0, 0.1) is 23.0 Å². The number of anilines is 2. The lowest BCUT2D eigenvalue weighted by molar-refractivity contribution is -0.0867. The van der Waals surface area contributed by atoms with Gasteiger partial charge in [-0.15, -0.1) is 19.6 Å². The monoisotopic (exact) mass is 1030 g/mol. The summed E-state index contributed by atoms with van der Waals surface area (Å²) in [5, 5.41) is 37.7. The van der Waals surface area contributed by atoms with Crippen LogP contribution in [0.25, 0.3) is 10.9 Å². The SMILES string of the molecule is C#CCOCCOCCOCC(COCCOCCOCCO/N=C/c1cn(O)c2ccccc12)OCCOCCOCCN1Cc2ccccc2C2C(N=NN2c2ccc(SC#N)cc2)c2ccccc21.C=C. The summed E-state index contributed by atoms with van der Waals surface area (Å²) in [6, 6.07) is 32.0. The number of nitriles is 1. The Bertz CT molecular complexity index is 2540. The fraction of sp³-hybridized carbons (Fsp3) is 0.418. The molecule has 2 aliphatic rings. The Hall–Kier alpha value is -6.33. The molecule has 0 saturated heterocycles. The topological polar surface area (TPSA) is 185 Å². The number of terminal acetylenes is 1. The second-order valence-electron chi connectivity index (χ2n) is 16.3. The number of para-hydroxylation sites is 2. The number of hydrogen-bond donors (Lipinski definition) is 1. The maximum absolute atomic E-state index is 10.0. The molecule has 1 aromatic heterocycles. The van der Waals surface area contributed by atoms with Gasteiger partial charge in [0.25, 0.3) is 0 Å². The van der Waals surface area contributed by atoms with Gasteiger partial charge in [0, 0.05) is 40.2 Å². The first-order valence-corrected chi connectivity index (χ1v) is 25.4. The summed E-state index contributed by atoms with van der Waals surface area (Å²) in [7, 11) is 0. The van der Waals surface area contributed by atoms with Crippen molar-refractivity contribution in [1.29, 1.82) is 5.26 Å². The van der Waals surface area contributed by atoms with E-state index >= 15 is 0 Å². The van der Waals surface area contributed by atoms with Gasteiger partial charge in [-0.3, -0.25) is 0 Å². The zero-order valence-electron chi connectivity index (χ0n) is 41.8. The van der Waals surface area contributed by atoms with E-state index in [-0.39, 0.29) is 31.4 Å². The van der Waals surface area contributed by atoms with Crippen molar-refractivity contribution >= 4 is 40.3 Å². The maximum atomic E-state index is 10.0. The Labute approximate surface area is 438 Å². The smallest absolute Gasteiger partial charge is 0.140 e. The Kier molecular flexibility index (Phi) is 25.8. The molecule has 3 heterocycles. The second kappa shape index (κ2) is 33.5. The van der Waals surface area contributed by atoms with Crippen LogP contribution in [-0.4, -0.2) is 148 Å². The molecule has 2 aliphatic heterocycles. The molecule has 5 aromatic rings. The molecule has 19 heteroatoms. The number of hydrogen-bond acceptors (Lipinski definition) is 18. The summed E-state index contributed by atoms with van der Waals surface area (Å²) in [4.78, 5) is 8.54. The fourth-order valence-electron chi connectivity index (χ4n) is 8.10. The zero-order chi connectivity index (χ0) is 51.8. The number of aromatic nitrogens is 1. The number of thiocyanates is 1. The standard InChI is InChI=1S/C53H63N7O11S.C2H4/c1-2-20-62-22-24-64-28-30-68-39-45(40-69-31-29-65-26-27-67-33-35-71-55-36-43-38-59(61)51-14-8-5-10-47(43)51)70-34-32-66-25-23-63-21-19-58-37-42-9-3-4-11-48(42)53-52(49-12-6-7-13-50(49)58)56-57-60(53)44-15-17-46(18-16-44)72-41-54;1-2/h1,3-18,36,38,45,52-53,61H,19-35,37,39-40H2;1-2H2/b55-36+;. The summed E-state index contributed by atoms with van der Waals surface area (Å²) in [6.07, 6.45) is 8.03. The Balaban J connectivity index is 0.00000440. The molecule has 0 amide bonds. The van der Waals surface area contributed by atoms with Gasteiger partial charge in [0.2, 0.25) is 0 Å². The number of oxime groups is 1.